The Kier molecular flexibility index (Phi) is 3.87. The van der Waals surface area contributed by atoms with Gasteiger partial charge in [-0.1, -0.05) is 12.1 Å². The molecule has 1 atom stereocenters. The Morgan fingerprint density at radius 1 is 1.43 bits per heavy atom. The SMILES string of the molecule is COc1ccccc1C(=O)Nc1ccn(C2CCNC2)n1. The lowest BCUT2D eigenvalue weighted by Crippen LogP contribution is -2.16. The number of anilines is 1. The lowest BCUT2D eigenvalue weighted by Gasteiger charge is -2.09. The van der Waals surface area contributed by atoms with E-state index < -0.39 is 0 Å². The molecule has 0 bridgehead atoms. The van der Waals surface area contributed by atoms with Gasteiger partial charge < -0.3 is 15.4 Å². The first kappa shape index (κ1) is 13.6. The number of rotatable bonds is 4. The van der Waals surface area contributed by atoms with Crippen LogP contribution < -0.4 is 15.4 Å². The summed E-state index contributed by atoms with van der Waals surface area (Å²) < 4.78 is 7.10. The Morgan fingerprint density at radius 3 is 3.05 bits per heavy atom. The van der Waals surface area contributed by atoms with Crippen LogP contribution in [0.25, 0.3) is 0 Å². The van der Waals surface area contributed by atoms with Crippen LogP contribution in [0.2, 0.25) is 0 Å². The first-order valence-corrected chi connectivity index (χ1v) is 6.98. The minimum atomic E-state index is -0.220. The number of aromatic nitrogens is 2. The first-order valence-electron chi connectivity index (χ1n) is 6.98. The van der Waals surface area contributed by atoms with Crippen molar-refractivity contribution in [3.63, 3.8) is 0 Å². The van der Waals surface area contributed by atoms with E-state index in [1.54, 1.807) is 25.3 Å². The van der Waals surface area contributed by atoms with Crippen LogP contribution in [-0.2, 0) is 0 Å². The normalized spacial score (nSPS) is 17.7. The van der Waals surface area contributed by atoms with E-state index in [0.29, 0.717) is 23.2 Å². The largest absolute Gasteiger partial charge is 0.496 e. The quantitative estimate of drug-likeness (QED) is 0.897. The zero-order valence-corrected chi connectivity index (χ0v) is 11.9. The standard InChI is InChI=1S/C15H18N4O2/c1-21-13-5-3-2-4-12(13)15(20)17-14-7-9-19(18-14)11-6-8-16-10-11/h2-5,7,9,11,16H,6,8,10H2,1H3,(H,17,18,20). The van der Waals surface area contributed by atoms with Crippen LogP contribution in [0, 0.1) is 0 Å². The zero-order chi connectivity index (χ0) is 14.7. The van der Waals surface area contributed by atoms with Crippen LogP contribution in [0.1, 0.15) is 22.8 Å². The molecular formula is C15H18N4O2. The third-order valence-corrected chi connectivity index (χ3v) is 3.61. The molecule has 0 aliphatic carbocycles. The van der Waals surface area contributed by atoms with Crippen molar-refractivity contribution in [2.75, 3.05) is 25.5 Å². The molecule has 1 aromatic carbocycles. The number of para-hydroxylation sites is 1. The molecule has 1 saturated heterocycles. The number of hydrogen-bond donors (Lipinski definition) is 2. The Balaban J connectivity index is 1.72. The molecule has 1 aliphatic rings. The Bertz CT molecular complexity index is 632. The summed E-state index contributed by atoms with van der Waals surface area (Å²) in [5.41, 5.74) is 0.497. The summed E-state index contributed by atoms with van der Waals surface area (Å²) in [6.07, 6.45) is 2.96. The van der Waals surface area contributed by atoms with Gasteiger partial charge in [0.05, 0.1) is 18.7 Å². The van der Waals surface area contributed by atoms with E-state index >= 15 is 0 Å². The summed E-state index contributed by atoms with van der Waals surface area (Å²) in [5.74, 6) is 0.884. The molecule has 3 rings (SSSR count). The molecule has 0 spiro atoms. The lowest BCUT2D eigenvalue weighted by atomic mass is 10.2. The van der Waals surface area contributed by atoms with E-state index in [0.717, 1.165) is 19.5 Å². The van der Waals surface area contributed by atoms with Crippen LogP contribution >= 0.6 is 0 Å². The number of amides is 1. The van der Waals surface area contributed by atoms with E-state index in [2.05, 4.69) is 15.7 Å². The average Bonchev–Trinajstić information content (AvgIpc) is 3.17. The number of nitrogens with one attached hydrogen (secondary N) is 2. The highest BCUT2D eigenvalue weighted by molar-refractivity contribution is 6.05. The van der Waals surface area contributed by atoms with Gasteiger partial charge in [0, 0.05) is 18.8 Å². The molecule has 1 unspecified atom stereocenters. The number of ether oxygens (including phenoxy) is 1. The van der Waals surface area contributed by atoms with Crippen LogP contribution in [0.4, 0.5) is 5.82 Å². The Labute approximate surface area is 123 Å². The van der Waals surface area contributed by atoms with Gasteiger partial charge in [0.25, 0.3) is 5.91 Å². The van der Waals surface area contributed by atoms with Crippen LogP contribution in [-0.4, -0.2) is 35.9 Å². The summed E-state index contributed by atoms with van der Waals surface area (Å²) in [6.45, 7) is 1.93. The van der Waals surface area contributed by atoms with Crippen LogP contribution in [0.5, 0.6) is 5.75 Å². The fraction of sp³-hybridized carbons (Fsp3) is 0.333. The molecule has 0 saturated carbocycles. The first-order chi connectivity index (χ1) is 10.3. The smallest absolute Gasteiger partial charge is 0.260 e. The molecular weight excluding hydrogens is 268 g/mol. The van der Waals surface area contributed by atoms with E-state index in [4.69, 9.17) is 4.74 Å². The number of carbonyl (C=O) groups excluding carboxylic acids is 1. The van der Waals surface area contributed by atoms with Crippen molar-refractivity contribution in [2.24, 2.45) is 0 Å². The van der Waals surface area contributed by atoms with Gasteiger partial charge in [0.1, 0.15) is 5.75 Å². The molecule has 2 heterocycles. The van der Waals surface area contributed by atoms with Crippen molar-refractivity contribution < 1.29 is 9.53 Å². The maximum absolute atomic E-state index is 12.3. The minimum Gasteiger partial charge on any atom is -0.496 e. The molecule has 6 nitrogen and oxygen atoms in total. The number of hydrogen-bond acceptors (Lipinski definition) is 4. The van der Waals surface area contributed by atoms with E-state index in [9.17, 15) is 4.79 Å². The molecule has 2 aromatic rings. The third kappa shape index (κ3) is 2.90. The predicted molar refractivity (Wildman–Crippen MR) is 79.7 cm³/mol. The van der Waals surface area contributed by atoms with Crippen LogP contribution in [0.15, 0.2) is 36.5 Å². The van der Waals surface area contributed by atoms with Crippen molar-refractivity contribution in [3.05, 3.63) is 42.1 Å². The topological polar surface area (TPSA) is 68.2 Å². The molecule has 1 amide bonds. The number of methoxy groups -OCH3 is 1. The maximum Gasteiger partial charge on any atom is 0.260 e. The van der Waals surface area contributed by atoms with Gasteiger partial charge >= 0.3 is 0 Å². The van der Waals surface area contributed by atoms with E-state index in [1.165, 1.54) is 0 Å². The second kappa shape index (κ2) is 5.97. The molecule has 6 heteroatoms. The summed E-state index contributed by atoms with van der Waals surface area (Å²) in [4.78, 5) is 12.3. The van der Waals surface area contributed by atoms with Crippen molar-refractivity contribution in [1.82, 2.24) is 15.1 Å². The highest BCUT2D eigenvalue weighted by Gasteiger charge is 2.18. The Hall–Kier alpha value is -2.34. The predicted octanol–water partition coefficient (Wildman–Crippen LogP) is 1.68. The van der Waals surface area contributed by atoms with Gasteiger partial charge in [-0.2, -0.15) is 5.10 Å². The van der Waals surface area contributed by atoms with Gasteiger partial charge in [-0.3, -0.25) is 9.48 Å². The van der Waals surface area contributed by atoms with Crippen molar-refractivity contribution in [2.45, 2.75) is 12.5 Å². The lowest BCUT2D eigenvalue weighted by molar-refractivity contribution is 0.102. The van der Waals surface area contributed by atoms with Gasteiger partial charge in [-0.15, -0.1) is 0 Å². The Morgan fingerprint density at radius 2 is 2.29 bits per heavy atom. The van der Waals surface area contributed by atoms with Gasteiger partial charge in [0.2, 0.25) is 0 Å². The average molecular weight is 286 g/mol. The third-order valence-electron chi connectivity index (χ3n) is 3.61. The second-order valence-corrected chi connectivity index (χ2v) is 4.98. The molecule has 110 valence electrons. The highest BCUT2D eigenvalue weighted by Crippen LogP contribution is 2.20. The number of nitrogens with zero attached hydrogens (tertiary/aromatic N) is 2. The van der Waals surface area contributed by atoms with Gasteiger partial charge in [-0.25, -0.2) is 0 Å². The second-order valence-electron chi connectivity index (χ2n) is 4.98. The van der Waals surface area contributed by atoms with Crippen LogP contribution in [0.3, 0.4) is 0 Å². The van der Waals surface area contributed by atoms with E-state index in [-0.39, 0.29) is 5.91 Å². The van der Waals surface area contributed by atoms with E-state index in [1.807, 2.05) is 23.0 Å². The van der Waals surface area contributed by atoms with Gasteiger partial charge in [-0.05, 0) is 25.1 Å². The molecule has 2 N–H and O–H groups in total. The number of carbonyl (C=O) groups is 1. The molecule has 1 aromatic heterocycles. The molecule has 1 fully saturated rings. The maximum atomic E-state index is 12.3. The monoisotopic (exact) mass is 286 g/mol. The van der Waals surface area contributed by atoms with Crippen molar-refractivity contribution >= 4 is 11.7 Å². The fourth-order valence-corrected chi connectivity index (χ4v) is 2.49. The summed E-state index contributed by atoms with van der Waals surface area (Å²) >= 11 is 0. The summed E-state index contributed by atoms with van der Waals surface area (Å²) in [6, 6.07) is 9.30. The zero-order valence-electron chi connectivity index (χ0n) is 11.9. The summed E-state index contributed by atoms with van der Waals surface area (Å²) in [7, 11) is 1.55. The fourth-order valence-electron chi connectivity index (χ4n) is 2.49. The summed E-state index contributed by atoms with van der Waals surface area (Å²) in [5, 5.41) is 10.5. The minimum absolute atomic E-state index is 0.220. The molecule has 1 aliphatic heterocycles. The molecule has 0 radical (unpaired) electrons. The highest BCUT2D eigenvalue weighted by atomic mass is 16.5. The van der Waals surface area contributed by atoms with Gasteiger partial charge in [0.15, 0.2) is 5.82 Å². The molecule has 21 heavy (non-hydrogen) atoms. The number of benzene rings is 1. The van der Waals surface area contributed by atoms with Crippen molar-refractivity contribution in [1.29, 1.82) is 0 Å². The van der Waals surface area contributed by atoms with Crippen molar-refractivity contribution in [3.8, 4) is 5.75 Å².